The number of aromatic nitrogens is 3. The van der Waals surface area contributed by atoms with Crippen molar-refractivity contribution in [3.05, 3.63) is 47.0 Å². The molecule has 39 heavy (non-hydrogen) atoms. The number of carbonyl (C=O) groups is 1. The fourth-order valence-electron chi connectivity index (χ4n) is 4.22. The van der Waals surface area contributed by atoms with Gasteiger partial charge in [-0.05, 0) is 63.4 Å². The number of H-pyrrole nitrogens is 1. The monoisotopic (exact) mass is 586 g/mol. The van der Waals surface area contributed by atoms with Crippen molar-refractivity contribution in [2.75, 3.05) is 17.6 Å². The Morgan fingerprint density at radius 3 is 2.44 bits per heavy atom. The van der Waals surface area contributed by atoms with Crippen molar-refractivity contribution in [2.24, 2.45) is 0 Å². The predicted octanol–water partition coefficient (Wildman–Crippen LogP) is 4.96. The molecule has 1 saturated heterocycles. The zero-order valence-corrected chi connectivity index (χ0v) is 22.7. The van der Waals surface area contributed by atoms with E-state index >= 15 is 0 Å². The average molecular weight is 587 g/mol. The van der Waals surface area contributed by atoms with Crippen LogP contribution in [0.2, 0.25) is 5.02 Å². The Hall–Kier alpha value is -3.36. The standard InChI is InChI=1S/C24H26ClF3N6O4S/c1-23(2,3)38-20(35)18-5-4-10-34(18)39(36,37)15-8-6-13(7-9-15)19-16(24(26,27)28)11-14(12-17(19)25)30-22-31-21(29)32-33-22/h6-9,11-12,18H,4-5,10H2,1-3H3,(H4,29,30,31,32,33). The zero-order chi connectivity index (χ0) is 28.8. The number of nitrogens with one attached hydrogen (secondary N) is 2. The number of alkyl halides is 3. The van der Waals surface area contributed by atoms with Gasteiger partial charge in [-0.1, -0.05) is 23.7 Å². The highest BCUT2D eigenvalue weighted by Crippen LogP contribution is 2.43. The first kappa shape index (κ1) is 28.6. The molecule has 1 unspecified atom stereocenters. The van der Waals surface area contributed by atoms with Crippen molar-refractivity contribution in [3.8, 4) is 11.1 Å². The Kier molecular flexibility index (Phi) is 7.58. The summed E-state index contributed by atoms with van der Waals surface area (Å²) in [6.07, 6.45) is -4.03. The number of benzene rings is 2. The summed E-state index contributed by atoms with van der Waals surface area (Å²) >= 11 is 6.30. The van der Waals surface area contributed by atoms with Crippen LogP contribution in [0.3, 0.4) is 0 Å². The fraction of sp³-hybridized carbons (Fsp3) is 0.375. The number of halogens is 4. The van der Waals surface area contributed by atoms with E-state index in [1.165, 1.54) is 30.3 Å². The highest BCUT2D eigenvalue weighted by molar-refractivity contribution is 7.89. The first-order valence-electron chi connectivity index (χ1n) is 11.8. The molecule has 0 radical (unpaired) electrons. The van der Waals surface area contributed by atoms with E-state index in [0.717, 1.165) is 10.4 Å². The van der Waals surface area contributed by atoms with Gasteiger partial charge in [0.1, 0.15) is 11.6 Å². The highest BCUT2D eigenvalue weighted by Gasteiger charge is 2.41. The van der Waals surface area contributed by atoms with Gasteiger partial charge in [-0.2, -0.15) is 22.5 Å². The number of nitrogen functional groups attached to an aromatic ring is 1. The van der Waals surface area contributed by atoms with Crippen LogP contribution in [-0.4, -0.2) is 52.1 Å². The third kappa shape index (κ3) is 6.28. The number of ether oxygens (including phenoxy) is 1. The number of esters is 1. The summed E-state index contributed by atoms with van der Waals surface area (Å²) < 4.78 is 75.3. The summed E-state index contributed by atoms with van der Waals surface area (Å²) in [5.41, 5.74) is 3.28. The van der Waals surface area contributed by atoms with Crippen molar-refractivity contribution in [1.29, 1.82) is 0 Å². The lowest BCUT2D eigenvalue weighted by Gasteiger charge is -2.27. The van der Waals surface area contributed by atoms with Gasteiger partial charge < -0.3 is 15.8 Å². The van der Waals surface area contributed by atoms with Crippen LogP contribution < -0.4 is 11.1 Å². The third-order valence-corrected chi connectivity index (χ3v) is 8.01. The molecule has 1 atom stereocenters. The Morgan fingerprint density at radius 1 is 1.21 bits per heavy atom. The molecular weight excluding hydrogens is 561 g/mol. The van der Waals surface area contributed by atoms with Crippen molar-refractivity contribution in [2.45, 2.75) is 56.3 Å². The average Bonchev–Trinajstić information content (AvgIpc) is 3.47. The van der Waals surface area contributed by atoms with Crippen molar-refractivity contribution >= 4 is 45.2 Å². The molecule has 1 aliphatic rings. The first-order valence-corrected chi connectivity index (χ1v) is 13.6. The van der Waals surface area contributed by atoms with Crippen LogP contribution in [-0.2, 0) is 25.7 Å². The SMILES string of the molecule is CC(C)(C)OC(=O)C1CCCN1S(=O)(=O)c1ccc(-c2c(Cl)cc(Nc3n[nH]c(N)n3)cc2C(F)(F)F)cc1. The number of sulfonamides is 1. The van der Waals surface area contributed by atoms with Gasteiger partial charge in [0.15, 0.2) is 0 Å². The third-order valence-electron chi connectivity index (χ3n) is 5.79. The second-order valence-corrected chi connectivity index (χ2v) is 12.2. The summed E-state index contributed by atoms with van der Waals surface area (Å²) in [5.74, 6) is -0.730. The molecular formula is C24H26ClF3N6O4S. The van der Waals surface area contributed by atoms with Crippen molar-refractivity contribution in [3.63, 3.8) is 0 Å². The predicted molar refractivity (Wildman–Crippen MR) is 139 cm³/mol. The minimum Gasteiger partial charge on any atom is -0.459 e. The van der Waals surface area contributed by atoms with E-state index in [4.69, 9.17) is 22.1 Å². The Bertz CT molecular complexity index is 1490. The van der Waals surface area contributed by atoms with Gasteiger partial charge >= 0.3 is 12.1 Å². The van der Waals surface area contributed by atoms with Crippen LogP contribution >= 0.6 is 11.6 Å². The van der Waals surface area contributed by atoms with E-state index in [9.17, 15) is 26.4 Å². The molecule has 0 bridgehead atoms. The van der Waals surface area contributed by atoms with Crippen LogP contribution in [0.5, 0.6) is 0 Å². The number of hydrogen-bond acceptors (Lipinski definition) is 8. The van der Waals surface area contributed by atoms with Crippen LogP contribution in [0.1, 0.15) is 39.2 Å². The fourth-order valence-corrected chi connectivity index (χ4v) is 6.19. The molecule has 4 rings (SSSR count). The van der Waals surface area contributed by atoms with Crippen LogP contribution in [0.15, 0.2) is 41.3 Å². The van der Waals surface area contributed by atoms with Gasteiger partial charge in [0.05, 0.1) is 15.5 Å². The minimum atomic E-state index is -4.80. The lowest BCUT2D eigenvalue weighted by molar-refractivity contribution is -0.158. The molecule has 1 aromatic heterocycles. The highest BCUT2D eigenvalue weighted by atomic mass is 35.5. The molecule has 3 aromatic rings. The summed E-state index contributed by atoms with van der Waals surface area (Å²) in [6.45, 7) is 5.17. The molecule has 0 spiro atoms. The summed E-state index contributed by atoms with van der Waals surface area (Å²) in [6, 6.07) is 5.98. The van der Waals surface area contributed by atoms with E-state index in [0.29, 0.717) is 12.8 Å². The molecule has 0 saturated carbocycles. The minimum absolute atomic E-state index is 0.0300. The largest absolute Gasteiger partial charge is 0.459 e. The molecule has 1 aliphatic heterocycles. The number of nitrogens with two attached hydrogens (primary N) is 1. The number of anilines is 3. The molecule has 2 heterocycles. The lowest BCUT2D eigenvalue weighted by atomic mass is 9.98. The topological polar surface area (TPSA) is 143 Å². The van der Waals surface area contributed by atoms with Gasteiger partial charge in [-0.3, -0.25) is 4.79 Å². The molecule has 15 heteroatoms. The maximum atomic E-state index is 14.1. The Balaban J connectivity index is 1.66. The Labute approximate surface area is 227 Å². The smallest absolute Gasteiger partial charge is 0.417 e. The number of rotatable bonds is 6. The van der Waals surface area contributed by atoms with Gasteiger partial charge in [-0.15, -0.1) is 5.10 Å². The molecule has 4 N–H and O–H groups in total. The quantitative estimate of drug-likeness (QED) is 0.344. The van der Waals surface area contributed by atoms with E-state index in [-0.39, 0.29) is 45.2 Å². The second kappa shape index (κ2) is 10.3. The lowest BCUT2D eigenvalue weighted by Crippen LogP contribution is -2.43. The van der Waals surface area contributed by atoms with Crippen molar-refractivity contribution < 1.29 is 31.1 Å². The van der Waals surface area contributed by atoms with E-state index in [1.54, 1.807) is 20.8 Å². The van der Waals surface area contributed by atoms with Gasteiger partial charge in [0.25, 0.3) is 0 Å². The summed E-state index contributed by atoms with van der Waals surface area (Å²) in [7, 11) is -4.14. The number of carbonyl (C=O) groups excluding carboxylic acids is 1. The van der Waals surface area contributed by atoms with Gasteiger partial charge in [0, 0.05) is 17.8 Å². The molecule has 0 amide bonds. The molecule has 1 fully saturated rings. The summed E-state index contributed by atoms with van der Waals surface area (Å²) in [5, 5.41) is 8.45. The zero-order valence-electron chi connectivity index (χ0n) is 21.1. The number of aromatic amines is 1. The number of nitrogens with zero attached hydrogens (tertiary/aromatic N) is 3. The van der Waals surface area contributed by atoms with E-state index in [1.807, 2.05) is 0 Å². The summed E-state index contributed by atoms with van der Waals surface area (Å²) in [4.78, 5) is 16.2. The van der Waals surface area contributed by atoms with Crippen LogP contribution in [0.4, 0.5) is 30.8 Å². The maximum Gasteiger partial charge on any atom is 0.417 e. The van der Waals surface area contributed by atoms with Crippen LogP contribution in [0, 0.1) is 0 Å². The van der Waals surface area contributed by atoms with E-state index in [2.05, 4.69) is 20.5 Å². The second-order valence-electron chi connectivity index (χ2n) is 9.88. The molecule has 210 valence electrons. The van der Waals surface area contributed by atoms with E-state index < -0.39 is 39.4 Å². The van der Waals surface area contributed by atoms with Gasteiger partial charge in [-0.25, -0.2) is 13.5 Å². The molecule has 10 nitrogen and oxygen atoms in total. The van der Waals surface area contributed by atoms with Crippen molar-refractivity contribution in [1.82, 2.24) is 19.5 Å². The normalized spacial score (nSPS) is 16.8. The van der Waals surface area contributed by atoms with Crippen LogP contribution in [0.25, 0.3) is 11.1 Å². The first-order chi connectivity index (χ1) is 18.1. The Morgan fingerprint density at radius 2 is 1.87 bits per heavy atom. The van der Waals surface area contributed by atoms with Gasteiger partial charge in [0.2, 0.25) is 21.9 Å². The number of hydrogen-bond donors (Lipinski definition) is 3. The maximum absolute atomic E-state index is 14.1. The molecule has 2 aromatic carbocycles. The molecule has 0 aliphatic carbocycles.